The van der Waals surface area contributed by atoms with Gasteiger partial charge in [0.05, 0.1) is 12.2 Å². The van der Waals surface area contributed by atoms with Crippen LogP contribution in [0.5, 0.6) is 0 Å². The Labute approximate surface area is 100 Å². The fourth-order valence-electron chi connectivity index (χ4n) is 1.67. The van der Waals surface area contributed by atoms with Gasteiger partial charge in [-0.05, 0) is 6.92 Å². The molecule has 0 spiro atoms. The van der Waals surface area contributed by atoms with Crippen LogP contribution in [0.25, 0.3) is 0 Å². The summed E-state index contributed by atoms with van der Waals surface area (Å²) in [5, 5.41) is 3.26. The Kier molecular flexibility index (Phi) is 3.87. The van der Waals surface area contributed by atoms with Crippen molar-refractivity contribution in [3.63, 3.8) is 0 Å². The molecule has 0 saturated carbocycles. The number of rotatable bonds is 3. The molecule has 0 radical (unpaired) electrons. The summed E-state index contributed by atoms with van der Waals surface area (Å²) in [5.41, 5.74) is 0.394. The van der Waals surface area contributed by atoms with Gasteiger partial charge < -0.3 is 15.0 Å². The van der Waals surface area contributed by atoms with Gasteiger partial charge in [0.15, 0.2) is 0 Å². The zero-order chi connectivity index (χ0) is 12.1. The topological polar surface area (TPSA) is 67.3 Å². The molecule has 0 bridgehead atoms. The zero-order valence-electron chi connectivity index (χ0n) is 9.85. The van der Waals surface area contributed by atoms with Crippen molar-refractivity contribution >= 4 is 11.9 Å². The summed E-state index contributed by atoms with van der Waals surface area (Å²) in [6.07, 6.45) is 3.03. The number of carbonyl (C=O) groups excluding carboxylic acids is 1. The highest BCUT2D eigenvalue weighted by atomic mass is 16.5. The molecule has 0 unspecified atom stereocenters. The minimum atomic E-state index is -0.376. The Morgan fingerprint density at radius 2 is 2.06 bits per heavy atom. The number of nitrogens with zero attached hydrogens (tertiary/aromatic N) is 3. The molecule has 6 heteroatoms. The quantitative estimate of drug-likeness (QED) is 0.749. The van der Waals surface area contributed by atoms with Crippen LogP contribution >= 0.6 is 0 Å². The van der Waals surface area contributed by atoms with Gasteiger partial charge in [-0.3, -0.25) is 0 Å². The van der Waals surface area contributed by atoms with E-state index in [1.54, 1.807) is 6.92 Å². The lowest BCUT2D eigenvalue weighted by molar-refractivity contribution is 0.0525. The van der Waals surface area contributed by atoms with Crippen molar-refractivity contribution in [2.45, 2.75) is 6.92 Å². The number of anilines is 1. The van der Waals surface area contributed by atoms with Crippen LogP contribution in [0.1, 0.15) is 17.3 Å². The lowest BCUT2D eigenvalue weighted by Crippen LogP contribution is -2.44. The SMILES string of the molecule is CCOC(=O)c1cnc(N2CCNCC2)nc1. The monoisotopic (exact) mass is 236 g/mol. The first-order valence-corrected chi connectivity index (χ1v) is 5.76. The minimum absolute atomic E-state index is 0.360. The second kappa shape index (κ2) is 5.58. The van der Waals surface area contributed by atoms with Crippen LogP contribution < -0.4 is 10.2 Å². The average Bonchev–Trinajstić information content (AvgIpc) is 2.40. The Bertz CT molecular complexity index is 374. The molecule has 1 aromatic heterocycles. The number of hydrogen-bond donors (Lipinski definition) is 1. The summed E-state index contributed by atoms with van der Waals surface area (Å²) in [6.45, 7) is 5.77. The van der Waals surface area contributed by atoms with E-state index >= 15 is 0 Å². The van der Waals surface area contributed by atoms with Crippen LogP contribution in [0, 0.1) is 0 Å². The molecule has 6 nitrogen and oxygen atoms in total. The third-order valence-electron chi connectivity index (χ3n) is 2.55. The highest BCUT2D eigenvalue weighted by molar-refractivity contribution is 5.88. The number of aromatic nitrogens is 2. The van der Waals surface area contributed by atoms with E-state index in [1.807, 2.05) is 0 Å². The molecule has 1 aliphatic rings. The van der Waals surface area contributed by atoms with Crippen molar-refractivity contribution in [1.82, 2.24) is 15.3 Å². The first-order valence-electron chi connectivity index (χ1n) is 5.76. The smallest absolute Gasteiger partial charge is 0.341 e. The predicted octanol–water partition coefficient (Wildman–Crippen LogP) is 0.0629. The van der Waals surface area contributed by atoms with E-state index in [4.69, 9.17) is 4.74 Å². The number of piperazine rings is 1. The van der Waals surface area contributed by atoms with Crippen molar-refractivity contribution in [2.75, 3.05) is 37.7 Å². The number of ether oxygens (including phenoxy) is 1. The Hall–Kier alpha value is -1.69. The normalized spacial score (nSPS) is 15.7. The molecule has 92 valence electrons. The van der Waals surface area contributed by atoms with Gasteiger partial charge in [0.25, 0.3) is 0 Å². The molecule has 2 heterocycles. The van der Waals surface area contributed by atoms with Crippen LogP contribution in [0.4, 0.5) is 5.95 Å². The molecule has 1 saturated heterocycles. The number of nitrogens with one attached hydrogen (secondary N) is 1. The highest BCUT2D eigenvalue weighted by Crippen LogP contribution is 2.08. The lowest BCUT2D eigenvalue weighted by Gasteiger charge is -2.27. The largest absolute Gasteiger partial charge is 0.462 e. The summed E-state index contributed by atoms with van der Waals surface area (Å²) in [4.78, 5) is 21.9. The van der Waals surface area contributed by atoms with Crippen molar-refractivity contribution in [3.8, 4) is 0 Å². The van der Waals surface area contributed by atoms with Crippen molar-refractivity contribution < 1.29 is 9.53 Å². The van der Waals surface area contributed by atoms with Crippen LogP contribution in [0.3, 0.4) is 0 Å². The van der Waals surface area contributed by atoms with Gasteiger partial charge in [0.2, 0.25) is 5.95 Å². The van der Waals surface area contributed by atoms with Gasteiger partial charge in [0, 0.05) is 38.6 Å². The third-order valence-corrected chi connectivity index (χ3v) is 2.55. The molecule has 2 rings (SSSR count). The van der Waals surface area contributed by atoms with E-state index in [9.17, 15) is 4.79 Å². The second-order valence-corrected chi connectivity index (χ2v) is 3.73. The van der Waals surface area contributed by atoms with E-state index < -0.39 is 0 Å². The average molecular weight is 236 g/mol. The maximum atomic E-state index is 11.4. The molecular weight excluding hydrogens is 220 g/mol. The molecule has 0 amide bonds. The van der Waals surface area contributed by atoms with Crippen LogP contribution in [0.15, 0.2) is 12.4 Å². The Morgan fingerprint density at radius 1 is 1.41 bits per heavy atom. The maximum Gasteiger partial charge on any atom is 0.341 e. The van der Waals surface area contributed by atoms with Gasteiger partial charge in [-0.2, -0.15) is 0 Å². The number of hydrogen-bond acceptors (Lipinski definition) is 6. The molecule has 0 atom stereocenters. The first-order chi connectivity index (χ1) is 8.31. The third kappa shape index (κ3) is 2.91. The summed E-state index contributed by atoms with van der Waals surface area (Å²) in [7, 11) is 0. The number of esters is 1. The van der Waals surface area contributed by atoms with Crippen LogP contribution in [0.2, 0.25) is 0 Å². The van der Waals surface area contributed by atoms with E-state index in [0.29, 0.717) is 18.1 Å². The molecule has 0 aliphatic carbocycles. The summed E-state index contributed by atoms with van der Waals surface area (Å²) >= 11 is 0. The second-order valence-electron chi connectivity index (χ2n) is 3.73. The van der Waals surface area contributed by atoms with E-state index in [1.165, 1.54) is 12.4 Å². The molecule has 1 fully saturated rings. The van der Waals surface area contributed by atoms with Crippen molar-refractivity contribution in [3.05, 3.63) is 18.0 Å². The summed E-state index contributed by atoms with van der Waals surface area (Å²) in [5.74, 6) is 0.291. The van der Waals surface area contributed by atoms with Crippen LogP contribution in [-0.4, -0.2) is 48.7 Å². The summed E-state index contributed by atoms with van der Waals surface area (Å²) in [6, 6.07) is 0. The van der Waals surface area contributed by atoms with Crippen molar-refractivity contribution in [2.24, 2.45) is 0 Å². The summed E-state index contributed by atoms with van der Waals surface area (Å²) < 4.78 is 4.87. The predicted molar refractivity (Wildman–Crippen MR) is 63.1 cm³/mol. The standard InChI is InChI=1S/C11H16N4O2/c1-2-17-10(16)9-7-13-11(14-8-9)15-5-3-12-4-6-15/h7-8,12H,2-6H2,1H3. The van der Waals surface area contributed by atoms with E-state index in [0.717, 1.165) is 26.2 Å². The maximum absolute atomic E-state index is 11.4. The molecule has 1 aromatic rings. The van der Waals surface area contributed by atoms with Gasteiger partial charge in [-0.1, -0.05) is 0 Å². The first kappa shape index (κ1) is 11.8. The van der Waals surface area contributed by atoms with Gasteiger partial charge in [0.1, 0.15) is 0 Å². The molecule has 0 aromatic carbocycles. The molecule has 1 N–H and O–H groups in total. The highest BCUT2D eigenvalue weighted by Gasteiger charge is 2.14. The number of carbonyl (C=O) groups is 1. The van der Waals surface area contributed by atoms with E-state index in [-0.39, 0.29) is 5.97 Å². The van der Waals surface area contributed by atoms with Gasteiger partial charge >= 0.3 is 5.97 Å². The van der Waals surface area contributed by atoms with Crippen molar-refractivity contribution in [1.29, 1.82) is 0 Å². The zero-order valence-corrected chi connectivity index (χ0v) is 9.85. The fourth-order valence-corrected chi connectivity index (χ4v) is 1.67. The Balaban J connectivity index is 2.04. The molecular formula is C11H16N4O2. The minimum Gasteiger partial charge on any atom is -0.462 e. The fraction of sp³-hybridized carbons (Fsp3) is 0.545. The van der Waals surface area contributed by atoms with Gasteiger partial charge in [-0.25, -0.2) is 14.8 Å². The Morgan fingerprint density at radius 3 is 2.65 bits per heavy atom. The van der Waals surface area contributed by atoms with Crippen LogP contribution in [-0.2, 0) is 4.74 Å². The van der Waals surface area contributed by atoms with Gasteiger partial charge in [-0.15, -0.1) is 0 Å². The van der Waals surface area contributed by atoms with E-state index in [2.05, 4.69) is 20.2 Å². The molecule has 17 heavy (non-hydrogen) atoms. The lowest BCUT2D eigenvalue weighted by atomic mass is 10.3. The molecule has 1 aliphatic heterocycles.